The van der Waals surface area contributed by atoms with Crippen molar-refractivity contribution in [1.82, 2.24) is 4.57 Å². The van der Waals surface area contributed by atoms with Gasteiger partial charge in [-0.2, -0.15) is 0 Å². The Morgan fingerprint density at radius 3 is 2.50 bits per heavy atom. The van der Waals surface area contributed by atoms with Crippen LogP contribution in [-0.4, -0.2) is 10.9 Å². The highest BCUT2D eigenvalue weighted by molar-refractivity contribution is 6.31. The van der Waals surface area contributed by atoms with E-state index in [9.17, 15) is 4.79 Å². The maximum Gasteiger partial charge on any atom is 0.151 e. The summed E-state index contributed by atoms with van der Waals surface area (Å²) in [6.45, 7) is 6.06. The first-order chi connectivity index (χ1) is 8.56. The summed E-state index contributed by atoms with van der Waals surface area (Å²) in [4.78, 5) is 11.0. The third kappa shape index (κ3) is 2.08. The third-order valence-corrected chi connectivity index (χ3v) is 3.74. The first-order valence-electron chi connectivity index (χ1n) is 5.94. The van der Waals surface area contributed by atoms with Crippen molar-refractivity contribution in [2.45, 2.75) is 26.8 Å². The molecular weight excluding hydrogens is 246 g/mol. The van der Waals surface area contributed by atoms with Gasteiger partial charge < -0.3 is 4.57 Å². The van der Waals surface area contributed by atoms with Crippen LogP contribution in [0.2, 0.25) is 5.02 Å². The molecule has 0 aliphatic rings. The molecule has 1 aromatic carbocycles. The number of carbonyl (C=O) groups excluding carboxylic acids is 1. The van der Waals surface area contributed by atoms with Gasteiger partial charge in [0.15, 0.2) is 6.29 Å². The molecule has 1 unspecified atom stereocenters. The molecule has 94 valence electrons. The van der Waals surface area contributed by atoms with Crippen LogP contribution in [0.4, 0.5) is 0 Å². The summed E-state index contributed by atoms with van der Waals surface area (Å²) in [5.41, 5.74) is 3.86. The largest absolute Gasteiger partial charge is 0.341 e. The maximum absolute atomic E-state index is 11.0. The number of nitrogens with zero attached hydrogens (tertiary/aromatic N) is 1. The van der Waals surface area contributed by atoms with E-state index in [-0.39, 0.29) is 6.04 Å². The van der Waals surface area contributed by atoms with E-state index in [0.717, 1.165) is 33.8 Å². The summed E-state index contributed by atoms with van der Waals surface area (Å²) < 4.78 is 2.14. The van der Waals surface area contributed by atoms with Crippen molar-refractivity contribution in [2.75, 3.05) is 0 Å². The summed E-state index contributed by atoms with van der Waals surface area (Å²) in [7, 11) is 0. The van der Waals surface area contributed by atoms with Crippen molar-refractivity contribution in [3.63, 3.8) is 0 Å². The third-order valence-electron chi connectivity index (χ3n) is 3.39. The highest BCUT2D eigenvalue weighted by Gasteiger charge is 2.16. The molecule has 0 bridgehead atoms. The van der Waals surface area contributed by atoms with Gasteiger partial charge in [0, 0.05) is 22.0 Å². The van der Waals surface area contributed by atoms with Gasteiger partial charge in [-0.1, -0.05) is 29.8 Å². The quantitative estimate of drug-likeness (QED) is 0.760. The summed E-state index contributed by atoms with van der Waals surface area (Å²) in [5.74, 6) is 0. The zero-order valence-electron chi connectivity index (χ0n) is 10.8. The normalized spacial score (nSPS) is 12.4. The minimum Gasteiger partial charge on any atom is -0.341 e. The molecule has 0 spiro atoms. The number of benzene rings is 1. The second-order valence-electron chi connectivity index (χ2n) is 4.51. The Labute approximate surface area is 112 Å². The number of rotatable bonds is 3. The highest BCUT2D eigenvalue weighted by atomic mass is 35.5. The fraction of sp³-hybridized carbons (Fsp3) is 0.267. The Balaban J connectivity index is 2.53. The standard InChI is InChI=1S/C15H16ClNO/c1-10-8-13(9-18)11(2)17(10)12(3)14-6-4-5-7-15(14)16/h4-9,12H,1-3H3. The Bertz CT molecular complexity index is 586. The van der Waals surface area contributed by atoms with Crippen LogP contribution in [0.15, 0.2) is 30.3 Å². The molecule has 2 rings (SSSR count). The molecule has 0 fully saturated rings. The lowest BCUT2D eigenvalue weighted by molar-refractivity contribution is 0.112. The lowest BCUT2D eigenvalue weighted by atomic mass is 10.1. The van der Waals surface area contributed by atoms with Crippen molar-refractivity contribution in [3.8, 4) is 0 Å². The molecule has 1 aromatic heterocycles. The Morgan fingerprint density at radius 2 is 1.94 bits per heavy atom. The van der Waals surface area contributed by atoms with Crippen molar-refractivity contribution < 1.29 is 4.79 Å². The monoisotopic (exact) mass is 261 g/mol. The molecule has 1 atom stereocenters. The molecule has 2 nitrogen and oxygen atoms in total. The zero-order valence-corrected chi connectivity index (χ0v) is 11.5. The van der Waals surface area contributed by atoms with Gasteiger partial charge in [0.1, 0.15) is 0 Å². The van der Waals surface area contributed by atoms with Gasteiger partial charge in [0.05, 0.1) is 6.04 Å². The van der Waals surface area contributed by atoms with Crippen LogP contribution in [0.25, 0.3) is 0 Å². The molecule has 0 saturated heterocycles. The molecule has 0 aliphatic carbocycles. The first-order valence-corrected chi connectivity index (χ1v) is 6.32. The molecule has 0 N–H and O–H groups in total. The fourth-order valence-corrected chi connectivity index (χ4v) is 2.76. The van der Waals surface area contributed by atoms with Crippen molar-refractivity contribution in [1.29, 1.82) is 0 Å². The lowest BCUT2D eigenvalue weighted by Gasteiger charge is -2.20. The number of aldehydes is 1. The minimum absolute atomic E-state index is 0.118. The van der Waals surface area contributed by atoms with Gasteiger partial charge in [-0.05, 0) is 38.5 Å². The molecule has 3 heteroatoms. The van der Waals surface area contributed by atoms with Crippen LogP contribution >= 0.6 is 11.6 Å². The zero-order chi connectivity index (χ0) is 13.3. The van der Waals surface area contributed by atoms with E-state index < -0.39 is 0 Å². The fourth-order valence-electron chi connectivity index (χ4n) is 2.47. The topological polar surface area (TPSA) is 22.0 Å². The minimum atomic E-state index is 0.118. The Morgan fingerprint density at radius 1 is 1.28 bits per heavy atom. The molecule has 0 amide bonds. The van der Waals surface area contributed by atoms with Gasteiger partial charge in [0.25, 0.3) is 0 Å². The first kappa shape index (κ1) is 12.9. The molecule has 2 aromatic rings. The predicted molar refractivity (Wildman–Crippen MR) is 74.6 cm³/mol. The van der Waals surface area contributed by atoms with Gasteiger partial charge in [-0.15, -0.1) is 0 Å². The molecule has 0 saturated carbocycles. The number of hydrogen-bond donors (Lipinski definition) is 0. The smallest absolute Gasteiger partial charge is 0.151 e. The van der Waals surface area contributed by atoms with E-state index in [2.05, 4.69) is 11.5 Å². The molecular formula is C15H16ClNO. The number of aromatic nitrogens is 1. The van der Waals surface area contributed by atoms with Crippen LogP contribution in [0.1, 0.15) is 40.3 Å². The van der Waals surface area contributed by atoms with E-state index in [0.29, 0.717) is 0 Å². The molecule has 0 aliphatic heterocycles. The van der Waals surface area contributed by atoms with E-state index in [1.165, 1.54) is 0 Å². The number of halogens is 1. The lowest BCUT2D eigenvalue weighted by Crippen LogP contribution is -2.10. The second-order valence-corrected chi connectivity index (χ2v) is 4.92. The Hall–Kier alpha value is -1.54. The van der Waals surface area contributed by atoms with Gasteiger partial charge in [-0.25, -0.2) is 0 Å². The maximum atomic E-state index is 11.0. The average Bonchev–Trinajstić information content (AvgIpc) is 2.64. The van der Waals surface area contributed by atoms with Crippen LogP contribution in [0.3, 0.4) is 0 Å². The highest BCUT2D eigenvalue weighted by Crippen LogP contribution is 2.29. The van der Waals surface area contributed by atoms with E-state index in [4.69, 9.17) is 11.6 Å². The second kappa shape index (κ2) is 4.99. The van der Waals surface area contributed by atoms with Crippen LogP contribution in [0, 0.1) is 13.8 Å². The van der Waals surface area contributed by atoms with E-state index in [1.807, 2.05) is 44.2 Å². The van der Waals surface area contributed by atoms with E-state index >= 15 is 0 Å². The summed E-state index contributed by atoms with van der Waals surface area (Å²) in [6, 6.07) is 9.84. The molecule has 18 heavy (non-hydrogen) atoms. The van der Waals surface area contributed by atoms with Gasteiger partial charge in [-0.3, -0.25) is 4.79 Å². The SMILES string of the molecule is Cc1cc(C=O)c(C)n1C(C)c1ccccc1Cl. The predicted octanol–water partition coefficient (Wildman–Crippen LogP) is 4.18. The van der Waals surface area contributed by atoms with Crippen molar-refractivity contribution in [3.05, 3.63) is 57.9 Å². The Kier molecular flexibility index (Phi) is 3.58. The van der Waals surface area contributed by atoms with E-state index in [1.54, 1.807) is 0 Å². The van der Waals surface area contributed by atoms with Gasteiger partial charge >= 0.3 is 0 Å². The van der Waals surface area contributed by atoms with Crippen LogP contribution in [-0.2, 0) is 0 Å². The summed E-state index contributed by atoms with van der Waals surface area (Å²) >= 11 is 6.23. The summed E-state index contributed by atoms with van der Waals surface area (Å²) in [5, 5.41) is 0.755. The molecule has 1 heterocycles. The summed E-state index contributed by atoms with van der Waals surface area (Å²) in [6.07, 6.45) is 0.901. The number of hydrogen-bond acceptors (Lipinski definition) is 1. The van der Waals surface area contributed by atoms with Crippen LogP contribution < -0.4 is 0 Å². The number of aryl methyl sites for hydroxylation is 1. The molecule has 0 radical (unpaired) electrons. The number of carbonyl (C=O) groups is 1. The van der Waals surface area contributed by atoms with Crippen molar-refractivity contribution in [2.24, 2.45) is 0 Å². The van der Waals surface area contributed by atoms with Gasteiger partial charge in [0.2, 0.25) is 0 Å². The average molecular weight is 262 g/mol. The van der Waals surface area contributed by atoms with Crippen molar-refractivity contribution >= 4 is 17.9 Å². The van der Waals surface area contributed by atoms with Crippen LogP contribution in [0.5, 0.6) is 0 Å².